The Kier molecular flexibility index (Phi) is 4.72. The van der Waals surface area contributed by atoms with Crippen molar-refractivity contribution in [3.8, 4) is 0 Å². The number of hydrogen-bond donors (Lipinski definition) is 1. The second-order valence-corrected chi connectivity index (χ2v) is 7.17. The second kappa shape index (κ2) is 6.21. The first-order valence-corrected chi connectivity index (χ1v) is 8.41. The highest BCUT2D eigenvalue weighted by Crippen LogP contribution is 2.25. The highest BCUT2D eigenvalue weighted by molar-refractivity contribution is 8.13. The first-order chi connectivity index (χ1) is 10.2. The molecule has 0 bridgehead atoms. The molecular formula is C13H12ClF3N2O2S. The Morgan fingerprint density at radius 1 is 1.32 bits per heavy atom. The number of aromatic nitrogens is 1. The van der Waals surface area contributed by atoms with Crippen molar-refractivity contribution in [2.24, 2.45) is 7.05 Å². The van der Waals surface area contributed by atoms with Gasteiger partial charge >= 0.3 is 0 Å². The Labute approximate surface area is 129 Å². The second-order valence-electron chi connectivity index (χ2n) is 4.61. The summed E-state index contributed by atoms with van der Waals surface area (Å²) in [6.07, 6.45) is -1.57. The van der Waals surface area contributed by atoms with Crippen LogP contribution in [0.1, 0.15) is 17.7 Å². The summed E-state index contributed by atoms with van der Waals surface area (Å²) in [7, 11) is 3.03. The van der Waals surface area contributed by atoms with Crippen LogP contribution in [0.5, 0.6) is 0 Å². The standard InChI is InChI=1S/C13H12ClF3N2O2S/c1-19-7-10(22(14,20)21)5-9(19)6-18-8-2-3-12(15)11(4-8)13(16)17/h2-5,7,13,18H,6H2,1H3. The molecule has 0 spiro atoms. The Balaban J connectivity index is 2.17. The number of nitrogens with one attached hydrogen (secondary N) is 1. The summed E-state index contributed by atoms with van der Waals surface area (Å²) in [4.78, 5) is -0.0548. The summed E-state index contributed by atoms with van der Waals surface area (Å²) in [5.41, 5.74) is 0.177. The first kappa shape index (κ1) is 16.7. The van der Waals surface area contributed by atoms with E-state index in [0.29, 0.717) is 11.4 Å². The molecule has 1 heterocycles. The van der Waals surface area contributed by atoms with Crippen LogP contribution in [0.2, 0.25) is 0 Å². The molecule has 120 valence electrons. The van der Waals surface area contributed by atoms with Crippen molar-refractivity contribution in [3.05, 3.63) is 47.5 Å². The lowest BCUT2D eigenvalue weighted by molar-refractivity contribution is 0.146. The SMILES string of the molecule is Cn1cc(S(=O)(=O)Cl)cc1CNc1ccc(F)c(C(F)F)c1. The lowest BCUT2D eigenvalue weighted by Crippen LogP contribution is -2.04. The third kappa shape index (κ3) is 3.75. The zero-order valence-corrected chi connectivity index (χ0v) is 12.9. The Morgan fingerprint density at radius 3 is 2.55 bits per heavy atom. The minimum Gasteiger partial charge on any atom is -0.379 e. The number of nitrogens with zero attached hydrogens (tertiary/aromatic N) is 1. The first-order valence-electron chi connectivity index (χ1n) is 6.10. The maximum Gasteiger partial charge on any atom is 0.266 e. The fourth-order valence-corrected chi connectivity index (χ4v) is 2.71. The molecule has 0 radical (unpaired) electrons. The monoisotopic (exact) mass is 352 g/mol. The van der Waals surface area contributed by atoms with Gasteiger partial charge in [0.2, 0.25) is 0 Å². The quantitative estimate of drug-likeness (QED) is 0.836. The van der Waals surface area contributed by atoms with E-state index in [9.17, 15) is 21.6 Å². The summed E-state index contributed by atoms with van der Waals surface area (Å²) in [5, 5.41) is 2.83. The van der Waals surface area contributed by atoms with E-state index in [4.69, 9.17) is 10.7 Å². The molecule has 4 nitrogen and oxygen atoms in total. The summed E-state index contributed by atoms with van der Waals surface area (Å²) < 4.78 is 62.4. The third-order valence-corrected chi connectivity index (χ3v) is 4.39. The van der Waals surface area contributed by atoms with Gasteiger partial charge in [-0.2, -0.15) is 0 Å². The summed E-state index contributed by atoms with van der Waals surface area (Å²) in [6, 6.07) is 4.65. The zero-order valence-electron chi connectivity index (χ0n) is 11.4. The molecule has 0 aliphatic heterocycles. The van der Waals surface area contributed by atoms with Crippen molar-refractivity contribution in [1.29, 1.82) is 0 Å². The van der Waals surface area contributed by atoms with Crippen molar-refractivity contribution in [2.75, 3.05) is 5.32 Å². The van der Waals surface area contributed by atoms with Crippen LogP contribution < -0.4 is 5.32 Å². The average Bonchev–Trinajstić information content (AvgIpc) is 2.79. The number of hydrogen-bond acceptors (Lipinski definition) is 3. The van der Waals surface area contributed by atoms with Gasteiger partial charge in [0, 0.05) is 35.3 Å². The van der Waals surface area contributed by atoms with Gasteiger partial charge in [0.25, 0.3) is 15.5 Å². The van der Waals surface area contributed by atoms with Gasteiger partial charge in [0.05, 0.1) is 12.1 Å². The molecule has 0 unspecified atom stereocenters. The number of halogens is 4. The molecule has 9 heteroatoms. The van der Waals surface area contributed by atoms with Crippen LogP contribution in [0.25, 0.3) is 0 Å². The molecule has 0 aliphatic rings. The van der Waals surface area contributed by atoms with Crippen LogP contribution in [0.15, 0.2) is 35.4 Å². The molecule has 2 rings (SSSR count). The van der Waals surface area contributed by atoms with E-state index in [1.165, 1.54) is 18.3 Å². The smallest absolute Gasteiger partial charge is 0.266 e. The molecular weight excluding hydrogens is 341 g/mol. The molecule has 0 saturated carbocycles. The number of aryl methyl sites for hydroxylation is 1. The number of alkyl halides is 2. The fourth-order valence-electron chi connectivity index (χ4n) is 1.90. The van der Waals surface area contributed by atoms with Gasteiger partial charge in [-0.1, -0.05) is 0 Å². The summed E-state index contributed by atoms with van der Waals surface area (Å²) in [5.74, 6) is -0.977. The molecule has 0 saturated heterocycles. The molecule has 2 aromatic rings. The van der Waals surface area contributed by atoms with E-state index < -0.39 is 26.9 Å². The molecule has 0 amide bonds. The highest BCUT2D eigenvalue weighted by atomic mass is 35.7. The van der Waals surface area contributed by atoms with Crippen LogP contribution >= 0.6 is 10.7 Å². The molecule has 1 aromatic carbocycles. The maximum absolute atomic E-state index is 13.2. The molecule has 0 fully saturated rings. The van der Waals surface area contributed by atoms with E-state index in [0.717, 1.165) is 12.1 Å². The van der Waals surface area contributed by atoms with Gasteiger partial charge in [-0.15, -0.1) is 0 Å². The van der Waals surface area contributed by atoms with Crippen molar-refractivity contribution in [2.45, 2.75) is 17.9 Å². The number of rotatable bonds is 5. The lowest BCUT2D eigenvalue weighted by atomic mass is 10.2. The minimum absolute atomic E-state index is 0.0548. The van der Waals surface area contributed by atoms with Crippen LogP contribution in [-0.4, -0.2) is 13.0 Å². The average molecular weight is 353 g/mol. The van der Waals surface area contributed by atoms with Gasteiger partial charge < -0.3 is 9.88 Å². The maximum atomic E-state index is 13.2. The van der Waals surface area contributed by atoms with Crippen molar-refractivity contribution in [1.82, 2.24) is 4.57 Å². The summed E-state index contributed by atoms with van der Waals surface area (Å²) >= 11 is 0. The van der Waals surface area contributed by atoms with Crippen LogP contribution in [0, 0.1) is 5.82 Å². The fraction of sp³-hybridized carbons (Fsp3) is 0.231. The van der Waals surface area contributed by atoms with Crippen LogP contribution in [0.4, 0.5) is 18.9 Å². The van der Waals surface area contributed by atoms with E-state index >= 15 is 0 Å². The van der Waals surface area contributed by atoms with Crippen LogP contribution in [-0.2, 0) is 22.6 Å². The van der Waals surface area contributed by atoms with Gasteiger partial charge in [0.1, 0.15) is 10.7 Å². The van der Waals surface area contributed by atoms with Crippen molar-refractivity contribution < 1.29 is 21.6 Å². The largest absolute Gasteiger partial charge is 0.379 e. The van der Waals surface area contributed by atoms with Gasteiger partial charge in [-0.25, -0.2) is 21.6 Å². The van der Waals surface area contributed by atoms with E-state index in [2.05, 4.69) is 5.32 Å². The van der Waals surface area contributed by atoms with Crippen molar-refractivity contribution >= 4 is 25.4 Å². The molecule has 22 heavy (non-hydrogen) atoms. The summed E-state index contributed by atoms with van der Waals surface area (Å²) in [6.45, 7) is 0.164. The van der Waals surface area contributed by atoms with Gasteiger partial charge in [-0.3, -0.25) is 0 Å². The van der Waals surface area contributed by atoms with E-state index in [1.807, 2.05) is 0 Å². The Hall–Kier alpha value is -1.67. The minimum atomic E-state index is -3.84. The van der Waals surface area contributed by atoms with E-state index in [1.54, 1.807) is 11.6 Å². The van der Waals surface area contributed by atoms with Crippen LogP contribution in [0.3, 0.4) is 0 Å². The van der Waals surface area contributed by atoms with Gasteiger partial charge in [0.15, 0.2) is 0 Å². The predicted molar refractivity (Wildman–Crippen MR) is 77.1 cm³/mol. The number of anilines is 1. The lowest BCUT2D eigenvalue weighted by Gasteiger charge is -2.09. The highest BCUT2D eigenvalue weighted by Gasteiger charge is 2.16. The normalized spacial score (nSPS) is 11.9. The molecule has 0 aliphatic carbocycles. The molecule has 0 atom stereocenters. The topological polar surface area (TPSA) is 51.1 Å². The van der Waals surface area contributed by atoms with E-state index in [-0.39, 0.29) is 11.4 Å². The zero-order chi connectivity index (χ0) is 16.5. The Morgan fingerprint density at radius 2 is 2.00 bits per heavy atom. The van der Waals surface area contributed by atoms with Crippen molar-refractivity contribution in [3.63, 3.8) is 0 Å². The molecule has 1 aromatic heterocycles. The molecule has 1 N–H and O–H groups in total. The predicted octanol–water partition coefficient (Wildman–Crippen LogP) is 3.64. The Bertz CT molecular complexity index is 791. The third-order valence-electron chi connectivity index (χ3n) is 3.07. The van der Waals surface area contributed by atoms with Gasteiger partial charge in [-0.05, 0) is 24.3 Å². The number of benzene rings is 1.